The highest BCUT2D eigenvalue weighted by atomic mass is 127. The van der Waals surface area contributed by atoms with Crippen molar-refractivity contribution in [1.82, 2.24) is 20.6 Å². The molecule has 0 aliphatic rings. The molecular weight excluding hydrogens is 517 g/mol. The first-order valence-corrected chi connectivity index (χ1v) is 10.7. The van der Waals surface area contributed by atoms with E-state index in [1.807, 2.05) is 24.3 Å². The summed E-state index contributed by atoms with van der Waals surface area (Å²) in [5.41, 5.74) is 3.21. The van der Waals surface area contributed by atoms with Gasteiger partial charge in [-0.25, -0.2) is 9.97 Å². The van der Waals surface area contributed by atoms with Crippen molar-refractivity contribution in [2.45, 2.75) is 26.8 Å². The van der Waals surface area contributed by atoms with Crippen LogP contribution < -0.4 is 15.4 Å². The molecule has 2 aromatic heterocycles. The van der Waals surface area contributed by atoms with Crippen LogP contribution in [-0.2, 0) is 13.0 Å². The summed E-state index contributed by atoms with van der Waals surface area (Å²) in [6.45, 7) is 5.58. The Kier molecular flexibility index (Phi) is 9.31. The Bertz CT molecular complexity index is 917. The number of nitrogens with zero attached hydrogens (tertiary/aromatic N) is 3. The van der Waals surface area contributed by atoms with E-state index < -0.39 is 0 Å². The maximum absolute atomic E-state index is 5.20. The fourth-order valence-electron chi connectivity index (χ4n) is 2.58. The maximum Gasteiger partial charge on any atom is 0.191 e. The molecule has 0 bridgehead atoms. The third-order valence-corrected chi connectivity index (χ3v) is 6.33. The molecule has 1 aromatic carbocycles. The summed E-state index contributed by atoms with van der Waals surface area (Å²) in [5, 5.41) is 10.9. The Hall–Kier alpha value is -1.72. The highest BCUT2D eigenvalue weighted by Gasteiger charge is 2.07. The van der Waals surface area contributed by atoms with Crippen molar-refractivity contribution in [3.8, 4) is 16.3 Å². The van der Waals surface area contributed by atoms with Crippen molar-refractivity contribution in [2.24, 2.45) is 4.99 Å². The van der Waals surface area contributed by atoms with Gasteiger partial charge in [0.25, 0.3) is 0 Å². The minimum absolute atomic E-state index is 0. The molecule has 3 aromatic rings. The number of aromatic nitrogens is 2. The average molecular weight is 544 g/mol. The number of benzene rings is 1. The normalized spacial score (nSPS) is 11.1. The first-order chi connectivity index (χ1) is 13.6. The van der Waals surface area contributed by atoms with Crippen LogP contribution in [-0.4, -0.2) is 36.6 Å². The van der Waals surface area contributed by atoms with Crippen LogP contribution in [0, 0.1) is 13.8 Å². The molecular formula is C20H26IN5OS2. The molecule has 29 heavy (non-hydrogen) atoms. The molecule has 0 radical (unpaired) electrons. The molecule has 0 saturated carbocycles. The van der Waals surface area contributed by atoms with Gasteiger partial charge in [0.1, 0.15) is 10.8 Å². The molecule has 0 aliphatic carbocycles. The fourth-order valence-corrected chi connectivity index (χ4v) is 4.34. The number of guanidine groups is 1. The molecule has 0 saturated heterocycles. The third-order valence-electron chi connectivity index (χ3n) is 4.25. The molecule has 0 aliphatic heterocycles. The van der Waals surface area contributed by atoms with Crippen LogP contribution in [0.1, 0.15) is 21.3 Å². The molecule has 6 nitrogen and oxygen atoms in total. The maximum atomic E-state index is 5.20. The van der Waals surface area contributed by atoms with E-state index in [0.717, 1.165) is 51.6 Å². The van der Waals surface area contributed by atoms with Gasteiger partial charge in [0, 0.05) is 35.8 Å². The van der Waals surface area contributed by atoms with Gasteiger partial charge in [0.15, 0.2) is 5.96 Å². The number of halogens is 1. The number of ether oxygens (including phenoxy) is 1. The SMILES string of the molecule is CN=C(NCCc1nc(C)c(C)s1)NCc1csc(-c2ccc(OC)cc2)n1.I. The number of hydrogen-bond donors (Lipinski definition) is 2. The van der Waals surface area contributed by atoms with Crippen LogP contribution in [0.4, 0.5) is 0 Å². The van der Waals surface area contributed by atoms with Crippen molar-refractivity contribution >= 4 is 52.6 Å². The number of aryl methyl sites for hydroxylation is 2. The fraction of sp³-hybridized carbons (Fsp3) is 0.350. The smallest absolute Gasteiger partial charge is 0.191 e. The number of aliphatic imine (C=N–C) groups is 1. The molecule has 0 spiro atoms. The van der Waals surface area contributed by atoms with Crippen molar-refractivity contribution < 1.29 is 4.74 Å². The molecule has 2 heterocycles. The van der Waals surface area contributed by atoms with Gasteiger partial charge in [0.05, 0.1) is 30.1 Å². The molecule has 0 atom stereocenters. The number of nitrogens with one attached hydrogen (secondary N) is 2. The second kappa shape index (κ2) is 11.5. The lowest BCUT2D eigenvalue weighted by atomic mass is 10.2. The molecule has 2 N–H and O–H groups in total. The summed E-state index contributed by atoms with van der Waals surface area (Å²) in [6.07, 6.45) is 0.887. The van der Waals surface area contributed by atoms with Gasteiger partial charge in [-0.15, -0.1) is 46.7 Å². The zero-order chi connectivity index (χ0) is 19.9. The summed E-state index contributed by atoms with van der Waals surface area (Å²) in [4.78, 5) is 14.8. The first kappa shape index (κ1) is 23.6. The summed E-state index contributed by atoms with van der Waals surface area (Å²) < 4.78 is 5.20. The van der Waals surface area contributed by atoms with E-state index in [2.05, 4.69) is 39.8 Å². The van der Waals surface area contributed by atoms with Crippen molar-refractivity contribution in [1.29, 1.82) is 0 Å². The van der Waals surface area contributed by atoms with Crippen LogP contribution in [0.15, 0.2) is 34.6 Å². The predicted octanol–water partition coefficient (Wildman–Crippen LogP) is 4.42. The molecule has 9 heteroatoms. The second-order valence-electron chi connectivity index (χ2n) is 6.22. The second-order valence-corrected chi connectivity index (χ2v) is 8.37. The van der Waals surface area contributed by atoms with Gasteiger partial charge in [-0.2, -0.15) is 0 Å². The van der Waals surface area contributed by atoms with Gasteiger partial charge in [0.2, 0.25) is 0 Å². The van der Waals surface area contributed by atoms with Gasteiger partial charge >= 0.3 is 0 Å². The summed E-state index contributed by atoms with van der Waals surface area (Å²) >= 11 is 3.39. The van der Waals surface area contributed by atoms with Crippen LogP contribution >= 0.6 is 46.7 Å². The average Bonchev–Trinajstić information content (AvgIpc) is 3.31. The highest BCUT2D eigenvalue weighted by Crippen LogP contribution is 2.25. The van der Waals surface area contributed by atoms with Crippen molar-refractivity contribution in [3.63, 3.8) is 0 Å². The van der Waals surface area contributed by atoms with Gasteiger partial charge in [-0.3, -0.25) is 4.99 Å². The van der Waals surface area contributed by atoms with Crippen LogP contribution in [0.3, 0.4) is 0 Å². The Labute approximate surface area is 196 Å². The summed E-state index contributed by atoms with van der Waals surface area (Å²) in [7, 11) is 3.44. The molecule has 0 unspecified atom stereocenters. The standard InChI is InChI=1S/C20H25N5OS2.HI/c1-13-14(2)28-18(24-13)9-10-22-20(21-3)23-11-16-12-27-19(25-16)15-5-7-17(26-4)8-6-15;/h5-8,12H,9-11H2,1-4H3,(H2,21,22,23);1H. The third kappa shape index (κ3) is 6.65. The Balaban J connectivity index is 0.00000300. The monoisotopic (exact) mass is 543 g/mol. The number of methoxy groups -OCH3 is 1. The largest absolute Gasteiger partial charge is 0.497 e. The molecule has 156 valence electrons. The minimum Gasteiger partial charge on any atom is -0.497 e. The zero-order valence-corrected chi connectivity index (χ0v) is 20.9. The van der Waals surface area contributed by atoms with Crippen LogP contribution in [0.5, 0.6) is 5.75 Å². The van der Waals surface area contributed by atoms with E-state index in [4.69, 9.17) is 9.72 Å². The van der Waals surface area contributed by atoms with E-state index in [0.29, 0.717) is 6.54 Å². The Morgan fingerprint density at radius 3 is 2.52 bits per heavy atom. The quantitative estimate of drug-likeness (QED) is 0.262. The Morgan fingerprint density at radius 2 is 1.90 bits per heavy atom. The predicted molar refractivity (Wildman–Crippen MR) is 133 cm³/mol. The number of rotatable bonds is 7. The van der Waals surface area contributed by atoms with Crippen molar-refractivity contribution in [2.75, 3.05) is 20.7 Å². The van der Waals surface area contributed by atoms with Gasteiger partial charge < -0.3 is 15.4 Å². The van der Waals surface area contributed by atoms with Crippen molar-refractivity contribution in [3.05, 3.63) is 50.9 Å². The minimum atomic E-state index is 0. The van der Waals surface area contributed by atoms with E-state index in [1.165, 1.54) is 4.88 Å². The highest BCUT2D eigenvalue weighted by molar-refractivity contribution is 14.0. The summed E-state index contributed by atoms with van der Waals surface area (Å²) in [6, 6.07) is 7.95. The van der Waals surface area contributed by atoms with Crippen LogP contribution in [0.2, 0.25) is 0 Å². The Morgan fingerprint density at radius 1 is 1.14 bits per heavy atom. The lowest BCUT2D eigenvalue weighted by Gasteiger charge is -2.10. The van der Waals surface area contributed by atoms with Gasteiger partial charge in [-0.1, -0.05) is 0 Å². The number of thiazole rings is 2. The lowest BCUT2D eigenvalue weighted by molar-refractivity contribution is 0.415. The topological polar surface area (TPSA) is 71.4 Å². The first-order valence-electron chi connectivity index (χ1n) is 9.05. The number of hydrogen-bond acceptors (Lipinski definition) is 6. The van der Waals surface area contributed by atoms with E-state index in [-0.39, 0.29) is 24.0 Å². The van der Waals surface area contributed by atoms with Crippen LogP contribution in [0.25, 0.3) is 10.6 Å². The van der Waals surface area contributed by atoms with E-state index >= 15 is 0 Å². The van der Waals surface area contributed by atoms with E-state index in [1.54, 1.807) is 36.8 Å². The molecule has 3 rings (SSSR count). The zero-order valence-electron chi connectivity index (χ0n) is 17.0. The molecule has 0 amide bonds. The lowest BCUT2D eigenvalue weighted by Crippen LogP contribution is -2.37. The van der Waals surface area contributed by atoms with Gasteiger partial charge in [-0.05, 0) is 38.1 Å². The molecule has 0 fully saturated rings. The van der Waals surface area contributed by atoms with E-state index in [9.17, 15) is 0 Å². The summed E-state index contributed by atoms with van der Waals surface area (Å²) in [5.74, 6) is 1.61.